The molecular formula is C67H64FI2N15O22P+. The number of imide groups is 3. The molecule has 10 aromatic rings. The number of benzene rings is 6. The van der Waals surface area contributed by atoms with E-state index in [2.05, 4.69) is 88.4 Å². The number of nitrogens with one attached hydrogen (secondary N) is 10. The normalized spacial score (nSPS) is 18.0. The molecule has 0 spiro atoms. The highest BCUT2D eigenvalue weighted by Gasteiger charge is 2.50. The number of aromatic amines is 4. The van der Waals surface area contributed by atoms with Crippen LogP contribution in [0, 0.1) is 27.2 Å². The zero-order valence-electron chi connectivity index (χ0n) is 56.6. The minimum Gasteiger partial charge on any atom is -0.508 e. The Morgan fingerprint density at radius 1 is 0.639 bits per heavy atom. The van der Waals surface area contributed by atoms with E-state index in [0.717, 1.165) is 21.9 Å². The molecule has 16 N–H and O–H groups in total. The Bertz CT molecular complexity index is 5310. The van der Waals surface area contributed by atoms with Crippen LogP contribution in [0.25, 0.3) is 56.3 Å². The first-order valence-electron chi connectivity index (χ1n) is 30.9. The number of H-pyrrole nitrogens is 4. The lowest BCUT2D eigenvalue weighted by Gasteiger charge is -2.46. The van der Waals surface area contributed by atoms with Gasteiger partial charge in [0.15, 0.2) is 17.6 Å². The van der Waals surface area contributed by atoms with Gasteiger partial charge in [-0.1, -0.05) is 41.0 Å². The van der Waals surface area contributed by atoms with E-state index < -0.39 is 89.4 Å². The van der Waals surface area contributed by atoms with Gasteiger partial charge in [0.1, 0.15) is 66.0 Å². The largest absolute Gasteiger partial charge is 0.508 e. The third-order valence-electron chi connectivity index (χ3n) is 15.3. The molecule has 3 unspecified atom stereocenters. The number of nitrogens with zero attached hydrogens (tertiary/aromatic N) is 4. The number of aliphatic hydroxyl groups excluding tert-OH is 2. The number of hydrogen-bond donors (Lipinski definition) is 15. The maximum Gasteiger partial charge on any atom is 0.370 e. The van der Waals surface area contributed by atoms with E-state index in [1.165, 1.54) is 62.3 Å². The summed E-state index contributed by atoms with van der Waals surface area (Å²) < 4.78 is 33.1. The molecule has 108 heavy (non-hydrogen) atoms. The molecule has 41 heteroatoms. The Morgan fingerprint density at radius 3 is 1.67 bits per heavy atom. The number of nitrogen functional groups attached to an aromatic ring is 1. The molecular weight excluding hydrogens is 1670 g/mol. The van der Waals surface area contributed by atoms with Crippen LogP contribution in [0.1, 0.15) is 46.5 Å². The van der Waals surface area contributed by atoms with E-state index in [0.29, 0.717) is 62.4 Å². The zero-order chi connectivity index (χ0) is 78.1. The van der Waals surface area contributed by atoms with Crippen LogP contribution in [0.5, 0.6) is 23.0 Å². The third-order valence-corrected chi connectivity index (χ3v) is 16.4. The molecule has 14 rings (SSSR count). The summed E-state index contributed by atoms with van der Waals surface area (Å²) in [7, 11) is -0.209. The van der Waals surface area contributed by atoms with Crippen molar-refractivity contribution in [2.24, 2.45) is 0 Å². The van der Waals surface area contributed by atoms with Crippen LogP contribution in [0.4, 0.5) is 36.2 Å². The number of hydrogen-bond acceptors (Lipinski definition) is 25. The Kier molecular flexibility index (Phi) is 28.6. The molecule has 37 nitrogen and oxygen atoms in total. The number of halogens is 3. The number of ether oxygens (including phenoxy) is 4. The molecule has 0 saturated carbocycles. The lowest BCUT2D eigenvalue weighted by Crippen LogP contribution is -2.63. The average molecular weight is 1740 g/mol. The molecule has 0 aliphatic carbocycles. The SMILES string of the molecule is CO[C@@H]1[C@H](O)C(O)[C@H](Oc2ccc3cc4[nH]c(=O)[nH]c4nc3c2)OC1(C)C.C[P+](=O)C1NC(=O)NC1=O.Cc1ccc(C=O)c([N+](=O)[O-])c1.F.II.Nc1cc(O)ccc1/C=C1/NC(=O)NC1=O.O=C1NC(=O)/C(=C\c2ccc(OCc3ccccc3)cc2[N+](=O)[O-])N1.O=c1[nH]c2cc3ccc(O)cc3nc2[nH]1. The zero-order valence-corrected chi connectivity index (χ0v) is 61.9. The fraction of sp³-hybridized carbons (Fsp3) is 0.179. The van der Waals surface area contributed by atoms with Crippen molar-refractivity contribution in [1.82, 2.24) is 61.8 Å². The minimum atomic E-state index is -1.66. The first-order valence-corrected chi connectivity index (χ1v) is 39.0. The summed E-state index contributed by atoms with van der Waals surface area (Å²) in [6.45, 7) is 6.92. The van der Waals surface area contributed by atoms with Gasteiger partial charge in [0.05, 0.1) is 54.7 Å². The van der Waals surface area contributed by atoms with E-state index >= 15 is 0 Å². The monoisotopic (exact) mass is 1730 g/mol. The molecule has 564 valence electrons. The van der Waals surface area contributed by atoms with Crippen LogP contribution in [0.15, 0.2) is 154 Å². The van der Waals surface area contributed by atoms with Crippen molar-refractivity contribution in [3.63, 3.8) is 0 Å². The number of aliphatic hydroxyl groups is 2. The molecule has 4 fully saturated rings. The molecule has 0 bridgehead atoms. The van der Waals surface area contributed by atoms with Crippen molar-refractivity contribution in [3.05, 3.63) is 214 Å². The highest BCUT2D eigenvalue weighted by Crippen LogP contribution is 2.34. The second-order valence-electron chi connectivity index (χ2n) is 23.4. The number of carbonyl (C=O) groups excluding carboxylic acids is 7. The number of rotatable bonds is 12. The number of urea groups is 3. The van der Waals surface area contributed by atoms with Gasteiger partial charge in [-0.05, 0) is 116 Å². The summed E-state index contributed by atoms with van der Waals surface area (Å²) >= 11 is 4.24. The number of pyridine rings is 2. The van der Waals surface area contributed by atoms with Gasteiger partial charge < -0.3 is 65.7 Å². The number of amides is 9. The highest BCUT2D eigenvalue weighted by molar-refractivity contribution is 15.0. The number of nitro groups is 2. The number of imidazole rings is 2. The van der Waals surface area contributed by atoms with Gasteiger partial charge in [-0.25, -0.2) is 33.9 Å². The molecule has 8 heterocycles. The Morgan fingerprint density at radius 2 is 1.16 bits per heavy atom. The van der Waals surface area contributed by atoms with Gasteiger partial charge in [-0.2, -0.15) is 0 Å². The van der Waals surface area contributed by atoms with Crippen LogP contribution < -0.4 is 58.5 Å². The Hall–Kier alpha value is -12.2. The maximum absolute atomic E-state index is 11.5. The number of aldehydes is 1. The lowest BCUT2D eigenvalue weighted by molar-refractivity contribution is -0.385. The number of methoxy groups -OCH3 is 1. The van der Waals surface area contributed by atoms with E-state index in [1.807, 2.05) is 47.0 Å². The van der Waals surface area contributed by atoms with Gasteiger partial charge in [0.2, 0.25) is 6.29 Å². The number of nitrogens with two attached hydrogens (primary N) is 1. The molecule has 6 atom stereocenters. The standard InChI is InChI=1S/C18H21N3O6.C17H13N3O5.C10H9N3O3.C10H7N3O2.C8H7NO3.C4H5N2O3P.FH.I2/c1-18(2)14(25-3)12(22)13(23)16(27-18)26-9-5-4-8-6-11-15(19-10(8)7-9)21-17(24)20-11;21-16-14(18-17(22)19-16)8-12-6-7-13(9-15(12)20(23)24)25-10-11-4-2-1-3-5-11;11-7-4-6(14)2-1-5(7)3-8-9(15)13-10(16)12-8;14-6-2-1-5-3-8-9(11-7(5)4-6)13-10(15)12-8;1-6-2-3-7(5-10)8(4-6)9(11)12;1-10(9)3-2(7)5-4(8)6-3;;1-2/h4-7,12-14,16,22-23H,1-3H3,(H2,19,20,21,24);1-9H,10H2,(H2,18,19,21,22);1-4,14H,11H2,(H2,12,13,15,16);1-4,14H,(H2,11,12,13,15);2-5H,1H3;3H,1H3,(H-,5,6,7,8);1H;/p+1/b;14-8+;8-3+;;;;;/t12-,13?,14-,16-;;;;;;;/m1......./s1. The fourth-order valence-electron chi connectivity index (χ4n) is 10.3. The maximum atomic E-state index is 11.5. The summed E-state index contributed by atoms with van der Waals surface area (Å²) in [5.41, 5.74) is 10.2. The van der Waals surface area contributed by atoms with Crippen LogP contribution in [-0.4, -0.2) is 152 Å². The second kappa shape index (κ2) is 37.2. The summed E-state index contributed by atoms with van der Waals surface area (Å²) in [5.74, 6) is -1.53. The van der Waals surface area contributed by atoms with Crippen molar-refractivity contribution in [2.45, 2.75) is 63.4 Å². The van der Waals surface area contributed by atoms with Gasteiger partial charge in [-0.3, -0.25) is 75.3 Å². The molecule has 0 radical (unpaired) electrons. The third kappa shape index (κ3) is 21.7. The summed E-state index contributed by atoms with van der Waals surface area (Å²) in [6, 6.07) is 34.4. The van der Waals surface area contributed by atoms with Gasteiger partial charge in [0.25, 0.3) is 23.2 Å². The summed E-state index contributed by atoms with van der Waals surface area (Å²) in [5, 5.41) is 75.4. The first-order chi connectivity index (χ1) is 50.8. The smallest absolute Gasteiger partial charge is 0.370 e. The first kappa shape index (κ1) is 83.1. The number of phenols is 2. The van der Waals surface area contributed by atoms with Crippen molar-refractivity contribution >= 4 is 160 Å². The second-order valence-corrected chi connectivity index (χ2v) is 25.0. The van der Waals surface area contributed by atoms with E-state index in [9.17, 15) is 83.3 Å². The topological polar surface area (TPSA) is 562 Å². The van der Waals surface area contributed by atoms with Gasteiger partial charge in [-0.15, -0.1) is 0 Å². The van der Waals surface area contributed by atoms with Crippen molar-refractivity contribution in [1.29, 1.82) is 0 Å². The van der Waals surface area contributed by atoms with Crippen molar-refractivity contribution < 1.29 is 92.1 Å². The highest BCUT2D eigenvalue weighted by atomic mass is 128. The molecule has 6 aromatic carbocycles. The molecule has 4 aliphatic rings. The van der Waals surface area contributed by atoms with Crippen LogP contribution in [0.2, 0.25) is 0 Å². The van der Waals surface area contributed by atoms with Crippen LogP contribution in [0.3, 0.4) is 0 Å². The number of nitro benzene ring substituents is 2. The molecule has 4 aliphatic heterocycles. The number of fused-ring (bicyclic) bond motifs is 4. The van der Waals surface area contributed by atoms with Crippen molar-refractivity contribution in [3.8, 4) is 23.0 Å². The fourth-order valence-corrected chi connectivity index (χ4v) is 11.0. The summed E-state index contributed by atoms with van der Waals surface area (Å²) in [6.07, 6.45) is -1.03. The van der Waals surface area contributed by atoms with E-state index in [4.69, 9.17) is 29.8 Å². The van der Waals surface area contributed by atoms with Crippen LogP contribution in [-0.2, 0) is 35.0 Å². The Labute approximate surface area is 630 Å². The number of aryl methyl sites for hydroxylation is 1. The number of anilines is 1. The van der Waals surface area contributed by atoms with Crippen LogP contribution >= 0.6 is 45.0 Å². The number of carbonyl (C=O) groups is 7. The molecule has 9 amide bonds. The van der Waals surface area contributed by atoms with Gasteiger partial charge in [0, 0.05) is 85.1 Å². The van der Waals surface area contributed by atoms with Crippen molar-refractivity contribution in [2.75, 3.05) is 19.5 Å². The minimum absolute atomic E-state index is 0. The Balaban J connectivity index is 0.000000185. The van der Waals surface area contributed by atoms with E-state index in [1.54, 1.807) is 81.4 Å². The predicted octanol–water partition coefficient (Wildman–Crippen LogP) is 7.52. The quantitative estimate of drug-likeness (QED) is 0.00821. The number of phenolic OH excluding ortho intramolecular Hbond substituents is 2. The lowest BCUT2D eigenvalue weighted by atomic mass is 9.89. The molecule has 4 aromatic heterocycles. The van der Waals surface area contributed by atoms with E-state index in [-0.39, 0.29) is 68.1 Å². The summed E-state index contributed by atoms with van der Waals surface area (Å²) in [4.78, 5) is 138. The number of aromatic hydroxyl groups is 2. The molecule has 4 saturated heterocycles. The van der Waals surface area contributed by atoms with Gasteiger partial charge >= 0.3 is 49.0 Å². The predicted molar refractivity (Wildman–Crippen MR) is 406 cm³/mol. The average Bonchev–Trinajstić information content (AvgIpc) is 1.63. The number of aromatic nitrogens is 6.